The minimum atomic E-state index is 0.449. The van der Waals surface area contributed by atoms with Crippen LogP contribution in [0.5, 0.6) is 0 Å². The van der Waals surface area contributed by atoms with E-state index in [-0.39, 0.29) is 0 Å². The van der Waals surface area contributed by atoms with Crippen LogP contribution in [0, 0.1) is 0 Å². The van der Waals surface area contributed by atoms with Gasteiger partial charge in [0.25, 0.3) is 0 Å². The Balaban J connectivity index is 3.05. The highest BCUT2D eigenvalue weighted by molar-refractivity contribution is 9.10. The zero-order valence-electron chi connectivity index (χ0n) is 13.5. The van der Waals surface area contributed by atoms with Gasteiger partial charge < -0.3 is 15.0 Å². The van der Waals surface area contributed by atoms with Crippen molar-refractivity contribution >= 4 is 27.6 Å². The maximum atomic E-state index is 5.25. The molecule has 1 aromatic heterocycles. The second-order valence-electron chi connectivity index (χ2n) is 4.94. The van der Waals surface area contributed by atoms with Crippen LogP contribution < -0.4 is 10.2 Å². The van der Waals surface area contributed by atoms with Gasteiger partial charge in [0.15, 0.2) is 0 Å². The maximum Gasteiger partial charge on any atom is 0.148 e. The van der Waals surface area contributed by atoms with Crippen molar-refractivity contribution in [3.63, 3.8) is 0 Å². The summed E-state index contributed by atoms with van der Waals surface area (Å²) in [6.07, 6.45) is 4.84. The van der Waals surface area contributed by atoms with Crippen molar-refractivity contribution in [1.29, 1.82) is 0 Å². The molecule has 0 fully saturated rings. The molecular formula is C15H27BrN4O. The summed E-state index contributed by atoms with van der Waals surface area (Å²) in [6.45, 7) is 8.96. The van der Waals surface area contributed by atoms with E-state index in [9.17, 15) is 0 Å². The summed E-state index contributed by atoms with van der Waals surface area (Å²) in [4.78, 5) is 11.1. The van der Waals surface area contributed by atoms with E-state index < -0.39 is 0 Å². The average molecular weight is 359 g/mol. The molecule has 0 atom stereocenters. The van der Waals surface area contributed by atoms with E-state index in [0.717, 1.165) is 48.5 Å². The van der Waals surface area contributed by atoms with Crippen LogP contribution in [0.3, 0.4) is 0 Å². The number of aromatic nitrogens is 2. The van der Waals surface area contributed by atoms with Gasteiger partial charge in [0.2, 0.25) is 0 Å². The SMILES string of the molecule is CCCNc1ncnc(N(CCOC)C(CC)CC)c1Br. The Bertz CT molecular complexity index is 413. The van der Waals surface area contributed by atoms with Crippen LogP contribution in [0.1, 0.15) is 40.0 Å². The number of hydrogen-bond donors (Lipinski definition) is 1. The molecule has 0 aliphatic carbocycles. The molecule has 6 heteroatoms. The fraction of sp³-hybridized carbons (Fsp3) is 0.733. The standard InChI is InChI=1S/C15H27BrN4O/c1-5-8-17-14-13(16)15(19-11-18-14)20(9-10-21-4)12(6-2)7-3/h11-12H,5-10H2,1-4H3,(H,17,18,19). The lowest BCUT2D eigenvalue weighted by Crippen LogP contribution is -2.38. The van der Waals surface area contributed by atoms with Crippen molar-refractivity contribution in [2.45, 2.75) is 46.1 Å². The lowest BCUT2D eigenvalue weighted by molar-refractivity contribution is 0.202. The quantitative estimate of drug-likeness (QED) is 0.690. The summed E-state index contributed by atoms with van der Waals surface area (Å²) in [5.74, 6) is 1.80. The third kappa shape index (κ3) is 5.11. The summed E-state index contributed by atoms with van der Waals surface area (Å²) >= 11 is 3.66. The van der Waals surface area contributed by atoms with Gasteiger partial charge in [-0.25, -0.2) is 9.97 Å². The molecule has 0 unspecified atom stereocenters. The first kappa shape index (κ1) is 18.2. The molecule has 0 saturated heterocycles. The Morgan fingerprint density at radius 2 is 2.00 bits per heavy atom. The Hall–Kier alpha value is -0.880. The van der Waals surface area contributed by atoms with Crippen LogP contribution in [0.4, 0.5) is 11.6 Å². The van der Waals surface area contributed by atoms with Crippen LogP contribution in [0.2, 0.25) is 0 Å². The smallest absolute Gasteiger partial charge is 0.148 e. The minimum Gasteiger partial charge on any atom is -0.383 e. The Labute approximate surface area is 136 Å². The fourth-order valence-corrected chi connectivity index (χ4v) is 2.88. The van der Waals surface area contributed by atoms with E-state index in [0.29, 0.717) is 12.6 Å². The lowest BCUT2D eigenvalue weighted by atomic mass is 10.1. The fourth-order valence-electron chi connectivity index (χ4n) is 2.31. The molecule has 1 heterocycles. The van der Waals surface area contributed by atoms with Crippen LogP contribution in [0.15, 0.2) is 10.8 Å². The molecule has 21 heavy (non-hydrogen) atoms. The number of rotatable bonds is 10. The summed E-state index contributed by atoms with van der Waals surface area (Å²) in [7, 11) is 1.73. The predicted molar refractivity (Wildman–Crippen MR) is 92.1 cm³/mol. The third-order valence-corrected chi connectivity index (χ3v) is 4.24. The maximum absolute atomic E-state index is 5.25. The molecule has 1 aromatic rings. The predicted octanol–water partition coefficient (Wildman–Crippen LogP) is 3.70. The molecule has 0 saturated carbocycles. The summed E-state index contributed by atoms with van der Waals surface area (Å²) in [5.41, 5.74) is 0. The summed E-state index contributed by atoms with van der Waals surface area (Å²) in [5, 5.41) is 3.33. The molecule has 1 rings (SSSR count). The van der Waals surface area contributed by atoms with Crippen molar-refractivity contribution in [1.82, 2.24) is 9.97 Å². The number of halogens is 1. The third-order valence-electron chi connectivity index (χ3n) is 3.51. The molecule has 0 aliphatic heterocycles. The van der Waals surface area contributed by atoms with Gasteiger partial charge in [0.05, 0.1) is 6.61 Å². The van der Waals surface area contributed by atoms with Crippen LogP contribution in [0.25, 0.3) is 0 Å². The first-order valence-corrected chi connectivity index (χ1v) is 8.48. The number of ether oxygens (including phenoxy) is 1. The monoisotopic (exact) mass is 358 g/mol. The van der Waals surface area contributed by atoms with Crippen molar-refractivity contribution in [3.8, 4) is 0 Å². The van der Waals surface area contributed by atoms with Crippen molar-refractivity contribution < 1.29 is 4.74 Å². The van der Waals surface area contributed by atoms with Crippen LogP contribution in [-0.2, 0) is 4.74 Å². The van der Waals surface area contributed by atoms with Gasteiger partial charge in [-0.2, -0.15) is 0 Å². The zero-order valence-corrected chi connectivity index (χ0v) is 15.1. The normalized spacial score (nSPS) is 11.0. The van der Waals surface area contributed by atoms with Gasteiger partial charge in [0.1, 0.15) is 22.4 Å². The molecule has 0 radical (unpaired) electrons. The number of nitrogens with zero attached hydrogens (tertiary/aromatic N) is 3. The van der Waals surface area contributed by atoms with E-state index in [1.165, 1.54) is 0 Å². The van der Waals surface area contributed by atoms with E-state index >= 15 is 0 Å². The second-order valence-corrected chi connectivity index (χ2v) is 5.74. The summed E-state index contributed by atoms with van der Waals surface area (Å²) in [6, 6.07) is 0.449. The van der Waals surface area contributed by atoms with Crippen molar-refractivity contribution in [2.75, 3.05) is 37.0 Å². The van der Waals surface area contributed by atoms with Gasteiger partial charge in [-0.3, -0.25) is 0 Å². The number of nitrogens with one attached hydrogen (secondary N) is 1. The lowest BCUT2D eigenvalue weighted by Gasteiger charge is -2.32. The average Bonchev–Trinajstić information content (AvgIpc) is 2.51. The Morgan fingerprint density at radius 3 is 2.57 bits per heavy atom. The minimum absolute atomic E-state index is 0.449. The Kier molecular flexibility index (Phi) is 8.61. The number of hydrogen-bond acceptors (Lipinski definition) is 5. The molecule has 0 aliphatic rings. The molecule has 0 amide bonds. The van der Waals surface area contributed by atoms with Crippen molar-refractivity contribution in [2.24, 2.45) is 0 Å². The Morgan fingerprint density at radius 1 is 1.29 bits per heavy atom. The first-order chi connectivity index (χ1) is 10.2. The highest BCUT2D eigenvalue weighted by Gasteiger charge is 2.21. The van der Waals surface area contributed by atoms with Gasteiger partial charge in [-0.1, -0.05) is 20.8 Å². The highest BCUT2D eigenvalue weighted by atomic mass is 79.9. The molecular weight excluding hydrogens is 332 g/mol. The second kappa shape index (κ2) is 9.95. The van der Waals surface area contributed by atoms with Crippen LogP contribution in [-0.4, -0.2) is 42.8 Å². The zero-order chi connectivity index (χ0) is 15.7. The molecule has 5 nitrogen and oxygen atoms in total. The molecule has 120 valence electrons. The van der Waals surface area contributed by atoms with E-state index in [2.05, 4.69) is 56.9 Å². The topological polar surface area (TPSA) is 50.3 Å². The van der Waals surface area contributed by atoms with Gasteiger partial charge >= 0.3 is 0 Å². The van der Waals surface area contributed by atoms with Gasteiger partial charge in [-0.15, -0.1) is 0 Å². The van der Waals surface area contributed by atoms with Crippen LogP contribution >= 0.6 is 15.9 Å². The van der Waals surface area contributed by atoms with Crippen molar-refractivity contribution in [3.05, 3.63) is 10.8 Å². The van der Waals surface area contributed by atoms with E-state index in [1.807, 2.05) is 0 Å². The van der Waals surface area contributed by atoms with E-state index in [4.69, 9.17) is 4.74 Å². The first-order valence-electron chi connectivity index (χ1n) is 7.69. The van der Waals surface area contributed by atoms with Gasteiger partial charge in [0, 0.05) is 26.2 Å². The number of methoxy groups -OCH3 is 1. The summed E-state index contributed by atoms with van der Waals surface area (Å²) < 4.78 is 6.18. The van der Waals surface area contributed by atoms with Gasteiger partial charge in [-0.05, 0) is 35.2 Å². The highest BCUT2D eigenvalue weighted by Crippen LogP contribution is 2.31. The molecule has 0 spiro atoms. The molecule has 1 N–H and O–H groups in total. The molecule has 0 aromatic carbocycles. The number of anilines is 2. The van der Waals surface area contributed by atoms with E-state index in [1.54, 1.807) is 13.4 Å². The largest absolute Gasteiger partial charge is 0.383 e. The molecule has 0 bridgehead atoms.